The van der Waals surface area contributed by atoms with Gasteiger partial charge in [-0.15, -0.1) is 0 Å². The fourth-order valence-electron chi connectivity index (χ4n) is 1.41. The largest absolute Gasteiger partial charge is 0.339 e. The lowest BCUT2D eigenvalue weighted by Gasteiger charge is -2.05. The summed E-state index contributed by atoms with van der Waals surface area (Å²) in [6, 6.07) is 1.75. The van der Waals surface area contributed by atoms with Gasteiger partial charge in [0.2, 0.25) is 11.7 Å². The van der Waals surface area contributed by atoms with Crippen LogP contribution in [0.2, 0.25) is 0 Å². The Morgan fingerprint density at radius 3 is 3.06 bits per heavy atom. The van der Waals surface area contributed by atoms with Gasteiger partial charge >= 0.3 is 0 Å². The van der Waals surface area contributed by atoms with Crippen LogP contribution in [0.15, 0.2) is 23.1 Å². The second-order valence-corrected chi connectivity index (χ2v) is 3.76. The van der Waals surface area contributed by atoms with Crippen molar-refractivity contribution in [2.24, 2.45) is 0 Å². The molecule has 0 fully saturated rings. The van der Waals surface area contributed by atoms with Gasteiger partial charge in [0.15, 0.2) is 0 Å². The molecule has 17 heavy (non-hydrogen) atoms. The third-order valence-corrected chi connectivity index (χ3v) is 2.37. The fourth-order valence-corrected chi connectivity index (χ4v) is 1.41. The van der Waals surface area contributed by atoms with E-state index in [1.54, 1.807) is 12.3 Å². The smallest absolute Gasteiger partial charge is 0.231 e. The van der Waals surface area contributed by atoms with Crippen molar-refractivity contribution in [1.82, 2.24) is 25.4 Å². The second-order valence-electron chi connectivity index (χ2n) is 3.76. The molecule has 1 atom stereocenters. The van der Waals surface area contributed by atoms with Crippen LogP contribution in [0.1, 0.15) is 25.7 Å². The van der Waals surface area contributed by atoms with E-state index in [1.165, 1.54) is 6.33 Å². The zero-order valence-corrected chi connectivity index (χ0v) is 9.92. The van der Waals surface area contributed by atoms with Crippen LogP contribution in [-0.4, -0.2) is 33.2 Å². The van der Waals surface area contributed by atoms with Gasteiger partial charge in [0.1, 0.15) is 12.0 Å². The highest BCUT2D eigenvalue weighted by atomic mass is 16.5. The van der Waals surface area contributed by atoms with E-state index in [-0.39, 0.29) is 5.92 Å². The van der Waals surface area contributed by atoms with Gasteiger partial charge < -0.3 is 9.84 Å². The van der Waals surface area contributed by atoms with Gasteiger partial charge in [-0.2, -0.15) is 4.98 Å². The molecule has 2 rings (SSSR count). The molecule has 2 heterocycles. The van der Waals surface area contributed by atoms with E-state index in [0.29, 0.717) is 17.4 Å². The monoisotopic (exact) mass is 233 g/mol. The molecule has 6 nitrogen and oxygen atoms in total. The Hall–Kier alpha value is -1.82. The van der Waals surface area contributed by atoms with E-state index in [1.807, 2.05) is 6.92 Å². The lowest BCUT2D eigenvalue weighted by atomic mass is 10.2. The van der Waals surface area contributed by atoms with Gasteiger partial charge in [-0.3, -0.25) is 0 Å². The first-order valence-corrected chi connectivity index (χ1v) is 5.62. The van der Waals surface area contributed by atoms with Gasteiger partial charge in [0, 0.05) is 18.7 Å². The molecular weight excluding hydrogens is 218 g/mol. The van der Waals surface area contributed by atoms with Crippen molar-refractivity contribution in [2.75, 3.05) is 13.1 Å². The van der Waals surface area contributed by atoms with E-state index in [4.69, 9.17) is 4.52 Å². The Morgan fingerprint density at radius 2 is 2.35 bits per heavy atom. The molecule has 0 spiro atoms. The molecule has 1 unspecified atom stereocenters. The fraction of sp³-hybridized carbons (Fsp3) is 0.455. The molecule has 1 N–H and O–H groups in total. The zero-order chi connectivity index (χ0) is 12.1. The summed E-state index contributed by atoms with van der Waals surface area (Å²) in [5.74, 6) is 1.32. The molecule has 2 aromatic heterocycles. The highest BCUT2D eigenvalue weighted by Gasteiger charge is 2.15. The van der Waals surface area contributed by atoms with Crippen molar-refractivity contribution in [3.05, 3.63) is 24.5 Å². The summed E-state index contributed by atoms with van der Waals surface area (Å²) in [5, 5.41) is 7.15. The van der Waals surface area contributed by atoms with Crippen molar-refractivity contribution in [1.29, 1.82) is 0 Å². The molecule has 0 aliphatic carbocycles. The summed E-state index contributed by atoms with van der Waals surface area (Å²) in [6.07, 6.45) is 3.12. The number of likely N-dealkylation sites (N-methyl/N-ethyl adjacent to an activating group) is 1. The van der Waals surface area contributed by atoms with E-state index in [9.17, 15) is 0 Å². The molecule has 2 aromatic rings. The molecule has 0 radical (unpaired) electrons. The van der Waals surface area contributed by atoms with E-state index < -0.39 is 0 Å². The molecule has 0 saturated heterocycles. The van der Waals surface area contributed by atoms with Crippen LogP contribution in [-0.2, 0) is 0 Å². The predicted octanol–water partition coefficient (Wildman–Crippen LogP) is 1.24. The first-order chi connectivity index (χ1) is 8.31. The highest BCUT2D eigenvalue weighted by molar-refractivity contribution is 5.46. The van der Waals surface area contributed by atoms with Gasteiger partial charge in [-0.25, -0.2) is 9.97 Å². The average Bonchev–Trinajstić information content (AvgIpc) is 2.86. The molecule has 6 heteroatoms. The number of nitrogens with zero attached hydrogens (tertiary/aromatic N) is 4. The Labute approximate surface area is 99.5 Å². The van der Waals surface area contributed by atoms with Gasteiger partial charge in [-0.05, 0) is 12.6 Å². The Kier molecular flexibility index (Phi) is 3.77. The van der Waals surface area contributed by atoms with Crippen LogP contribution in [0.25, 0.3) is 11.5 Å². The Bertz CT molecular complexity index is 456. The first kappa shape index (κ1) is 11.7. The van der Waals surface area contributed by atoms with Crippen molar-refractivity contribution in [3.63, 3.8) is 0 Å². The molecule has 0 aliphatic rings. The summed E-state index contributed by atoms with van der Waals surface area (Å²) < 4.78 is 5.22. The summed E-state index contributed by atoms with van der Waals surface area (Å²) in [4.78, 5) is 12.2. The maximum atomic E-state index is 5.22. The zero-order valence-electron chi connectivity index (χ0n) is 9.92. The van der Waals surface area contributed by atoms with Crippen molar-refractivity contribution >= 4 is 0 Å². The van der Waals surface area contributed by atoms with Crippen LogP contribution < -0.4 is 5.32 Å². The van der Waals surface area contributed by atoms with Crippen LogP contribution in [0.5, 0.6) is 0 Å². The highest BCUT2D eigenvalue weighted by Crippen LogP contribution is 2.16. The summed E-state index contributed by atoms with van der Waals surface area (Å²) in [7, 11) is 0. The van der Waals surface area contributed by atoms with E-state index in [2.05, 4.69) is 32.3 Å². The average molecular weight is 233 g/mol. The molecule has 0 aliphatic heterocycles. The summed E-state index contributed by atoms with van der Waals surface area (Å²) >= 11 is 0. The molecule has 90 valence electrons. The van der Waals surface area contributed by atoms with Crippen molar-refractivity contribution in [3.8, 4) is 11.5 Å². The predicted molar refractivity (Wildman–Crippen MR) is 62.3 cm³/mol. The molecule has 0 amide bonds. The van der Waals surface area contributed by atoms with Crippen LogP contribution in [0, 0.1) is 0 Å². The van der Waals surface area contributed by atoms with E-state index >= 15 is 0 Å². The minimum atomic E-state index is 0.193. The third-order valence-electron chi connectivity index (χ3n) is 2.37. The second kappa shape index (κ2) is 5.49. The maximum absolute atomic E-state index is 5.22. The quantitative estimate of drug-likeness (QED) is 0.837. The van der Waals surface area contributed by atoms with E-state index in [0.717, 1.165) is 13.1 Å². The van der Waals surface area contributed by atoms with Gasteiger partial charge in [0.25, 0.3) is 0 Å². The topological polar surface area (TPSA) is 76.7 Å². The molecule has 0 aromatic carbocycles. The SMILES string of the molecule is CCNCC(C)c1nc(-c2ccncn2)no1. The minimum Gasteiger partial charge on any atom is -0.339 e. The number of nitrogens with one attached hydrogen (secondary N) is 1. The molecule has 0 saturated carbocycles. The normalized spacial score (nSPS) is 12.6. The Morgan fingerprint density at radius 1 is 1.47 bits per heavy atom. The number of rotatable bonds is 5. The maximum Gasteiger partial charge on any atom is 0.231 e. The van der Waals surface area contributed by atoms with Crippen molar-refractivity contribution in [2.45, 2.75) is 19.8 Å². The lowest BCUT2D eigenvalue weighted by Crippen LogP contribution is -2.19. The number of aromatic nitrogens is 4. The molecular formula is C11H15N5O. The third kappa shape index (κ3) is 2.85. The standard InChI is InChI=1S/C11H15N5O/c1-3-12-6-8(2)11-15-10(16-17-11)9-4-5-13-7-14-9/h4-5,7-8,12H,3,6H2,1-2H3. The van der Waals surface area contributed by atoms with Gasteiger partial charge in [-0.1, -0.05) is 19.0 Å². The number of hydrogen-bond donors (Lipinski definition) is 1. The van der Waals surface area contributed by atoms with Crippen LogP contribution >= 0.6 is 0 Å². The van der Waals surface area contributed by atoms with Gasteiger partial charge in [0.05, 0.1) is 0 Å². The Balaban J connectivity index is 2.11. The minimum absolute atomic E-state index is 0.193. The summed E-state index contributed by atoms with van der Waals surface area (Å²) in [6.45, 7) is 5.85. The summed E-state index contributed by atoms with van der Waals surface area (Å²) in [5.41, 5.74) is 0.672. The number of hydrogen-bond acceptors (Lipinski definition) is 6. The van der Waals surface area contributed by atoms with Crippen molar-refractivity contribution < 1.29 is 4.52 Å². The van der Waals surface area contributed by atoms with Crippen LogP contribution in [0.4, 0.5) is 0 Å². The first-order valence-electron chi connectivity index (χ1n) is 5.62. The lowest BCUT2D eigenvalue weighted by molar-refractivity contribution is 0.355. The van der Waals surface area contributed by atoms with Crippen LogP contribution in [0.3, 0.4) is 0 Å². The molecule has 0 bridgehead atoms.